The van der Waals surface area contributed by atoms with Crippen molar-refractivity contribution in [2.45, 2.75) is 58.0 Å². The van der Waals surface area contributed by atoms with Crippen molar-refractivity contribution in [1.29, 1.82) is 0 Å². The molecule has 0 spiro atoms. The first kappa shape index (κ1) is 23.2. The smallest absolute Gasteiger partial charge is 0.449 e. The van der Waals surface area contributed by atoms with Crippen LogP contribution in [-0.4, -0.2) is 52.8 Å². The van der Waals surface area contributed by atoms with Gasteiger partial charge in [0.25, 0.3) is 0 Å². The van der Waals surface area contributed by atoms with Crippen molar-refractivity contribution in [3.05, 3.63) is 53.9 Å². The van der Waals surface area contributed by atoms with Crippen LogP contribution in [0.3, 0.4) is 0 Å². The number of carbonyl (C=O) groups is 2. The fourth-order valence-corrected chi connectivity index (χ4v) is 5.69. The van der Waals surface area contributed by atoms with E-state index in [-0.39, 0.29) is 12.1 Å². The lowest BCUT2D eigenvalue weighted by Gasteiger charge is -2.47. The van der Waals surface area contributed by atoms with Crippen LogP contribution in [0.2, 0.25) is 0 Å². The minimum atomic E-state index is -1.31. The highest BCUT2D eigenvalue weighted by Gasteiger charge is 2.50. The Hall–Kier alpha value is -2.93. The SMILES string of the molecule is CC(C)CC(=O)[N+](C)(C1CCN(c2ccncc2)CC1)C1CCc2cc(OC(=O)O)ccc21. The largest absolute Gasteiger partial charge is 0.511 e. The number of ether oxygens (including phenoxy) is 1. The molecule has 1 aromatic carbocycles. The molecule has 1 fully saturated rings. The highest BCUT2D eigenvalue weighted by atomic mass is 16.7. The van der Waals surface area contributed by atoms with Gasteiger partial charge in [0.2, 0.25) is 0 Å². The summed E-state index contributed by atoms with van der Waals surface area (Å²) >= 11 is 0. The molecule has 33 heavy (non-hydrogen) atoms. The van der Waals surface area contributed by atoms with Crippen LogP contribution in [0.25, 0.3) is 0 Å². The Morgan fingerprint density at radius 1 is 1.15 bits per heavy atom. The van der Waals surface area contributed by atoms with Crippen LogP contribution < -0.4 is 9.64 Å². The molecule has 2 aliphatic rings. The molecule has 4 rings (SSSR count). The molecular formula is C26H34N3O4+. The number of carbonyl (C=O) groups excluding carboxylic acids is 1. The van der Waals surface area contributed by atoms with Crippen molar-refractivity contribution < 1.29 is 23.9 Å². The van der Waals surface area contributed by atoms with Gasteiger partial charge in [-0.05, 0) is 48.2 Å². The molecule has 1 aliphatic heterocycles. The highest BCUT2D eigenvalue weighted by Crippen LogP contribution is 2.45. The summed E-state index contributed by atoms with van der Waals surface area (Å²) in [6.07, 6.45) is 6.53. The number of nitrogens with zero attached hydrogens (tertiary/aromatic N) is 3. The van der Waals surface area contributed by atoms with Crippen molar-refractivity contribution in [1.82, 2.24) is 4.98 Å². The van der Waals surface area contributed by atoms with Gasteiger partial charge in [0.15, 0.2) is 0 Å². The number of anilines is 1. The van der Waals surface area contributed by atoms with Crippen molar-refractivity contribution in [2.75, 3.05) is 25.0 Å². The molecule has 2 aromatic rings. The van der Waals surface area contributed by atoms with E-state index in [4.69, 9.17) is 9.84 Å². The molecule has 176 valence electrons. The number of hydrogen-bond donors (Lipinski definition) is 1. The van der Waals surface area contributed by atoms with Crippen LogP contribution in [0.4, 0.5) is 10.5 Å². The molecule has 1 amide bonds. The summed E-state index contributed by atoms with van der Waals surface area (Å²) in [5.74, 6) is 0.949. The van der Waals surface area contributed by atoms with E-state index in [1.54, 1.807) is 6.07 Å². The zero-order valence-electron chi connectivity index (χ0n) is 19.7. The standard InChI is InChI=1S/C26H33N3O4/c1-18(2)16-25(30)29(3,21-10-14-28(15-11-21)20-8-12-27-13-9-20)24-7-4-19-17-22(33-26(31)32)5-6-23(19)24/h5-6,8-9,12-13,17-18,21,24H,4,7,10-11,14-16H2,1-3H3/p+1. The van der Waals surface area contributed by atoms with Crippen LogP contribution in [0.15, 0.2) is 42.7 Å². The van der Waals surface area contributed by atoms with E-state index in [2.05, 4.69) is 30.8 Å². The third-order valence-electron chi connectivity index (χ3n) is 7.38. The average Bonchev–Trinajstić information content (AvgIpc) is 3.22. The second-order valence-corrected chi connectivity index (χ2v) is 9.85. The van der Waals surface area contributed by atoms with E-state index in [1.165, 1.54) is 5.69 Å². The van der Waals surface area contributed by atoms with E-state index < -0.39 is 6.16 Å². The molecule has 7 heteroatoms. The predicted octanol–water partition coefficient (Wildman–Crippen LogP) is 4.81. The van der Waals surface area contributed by atoms with Crippen molar-refractivity contribution >= 4 is 17.7 Å². The molecule has 2 unspecified atom stereocenters. The third kappa shape index (κ3) is 4.74. The average molecular weight is 453 g/mol. The molecule has 0 saturated carbocycles. The maximum atomic E-state index is 13.8. The van der Waals surface area contributed by atoms with Gasteiger partial charge in [0, 0.05) is 56.0 Å². The number of pyridine rings is 1. The maximum Gasteiger partial charge on any atom is 0.511 e. The minimum Gasteiger partial charge on any atom is -0.449 e. The number of benzene rings is 1. The number of aromatic nitrogens is 1. The zero-order valence-corrected chi connectivity index (χ0v) is 19.7. The number of fused-ring (bicyclic) bond motifs is 1. The Kier molecular flexibility index (Phi) is 6.70. The van der Waals surface area contributed by atoms with Gasteiger partial charge in [-0.2, -0.15) is 0 Å². The number of piperidine rings is 1. The Bertz CT molecular complexity index is 1000. The van der Waals surface area contributed by atoms with Crippen LogP contribution in [0.5, 0.6) is 5.75 Å². The zero-order chi connectivity index (χ0) is 23.6. The Morgan fingerprint density at radius 2 is 1.85 bits per heavy atom. The summed E-state index contributed by atoms with van der Waals surface area (Å²) in [5.41, 5.74) is 3.43. The number of rotatable bonds is 6. The number of aryl methyl sites for hydroxylation is 1. The molecule has 1 N–H and O–H groups in total. The molecule has 0 radical (unpaired) electrons. The van der Waals surface area contributed by atoms with Crippen molar-refractivity contribution in [3.8, 4) is 5.75 Å². The van der Waals surface area contributed by atoms with Gasteiger partial charge in [-0.15, -0.1) is 0 Å². The molecule has 7 nitrogen and oxygen atoms in total. The minimum absolute atomic E-state index is 0.0857. The van der Waals surface area contributed by atoms with Gasteiger partial charge in [-0.1, -0.05) is 13.8 Å². The number of quaternary nitrogens is 1. The quantitative estimate of drug-likeness (QED) is 0.385. The number of carboxylic acid groups (broad SMARTS) is 1. The first-order chi connectivity index (χ1) is 15.8. The van der Waals surface area contributed by atoms with Gasteiger partial charge in [0.1, 0.15) is 11.8 Å². The first-order valence-electron chi connectivity index (χ1n) is 11.9. The van der Waals surface area contributed by atoms with Crippen LogP contribution >= 0.6 is 0 Å². The molecule has 2 heterocycles. The highest BCUT2D eigenvalue weighted by molar-refractivity contribution is 5.70. The summed E-state index contributed by atoms with van der Waals surface area (Å²) in [4.78, 5) is 31.2. The van der Waals surface area contributed by atoms with E-state index in [0.717, 1.165) is 49.9 Å². The Balaban J connectivity index is 1.60. The lowest BCUT2D eigenvalue weighted by molar-refractivity contribution is -0.892. The lowest BCUT2D eigenvalue weighted by atomic mass is 9.93. The topological polar surface area (TPSA) is 79.7 Å². The fraction of sp³-hybridized carbons (Fsp3) is 0.500. The summed E-state index contributed by atoms with van der Waals surface area (Å²) in [7, 11) is 2.14. The van der Waals surface area contributed by atoms with E-state index in [0.29, 0.717) is 28.5 Å². The lowest BCUT2D eigenvalue weighted by Crippen LogP contribution is -2.61. The maximum absolute atomic E-state index is 13.8. The molecule has 1 aliphatic carbocycles. The summed E-state index contributed by atoms with van der Waals surface area (Å²) in [6, 6.07) is 9.94. The van der Waals surface area contributed by atoms with E-state index in [1.807, 2.05) is 36.7 Å². The Labute approximate surface area is 195 Å². The molecule has 1 aromatic heterocycles. The summed E-state index contributed by atoms with van der Waals surface area (Å²) in [5, 5.41) is 8.95. The predicted molar refractivity (Wildman–Crippen MR) is 126 cm³/mol. The van der Waals surface area contributed by atoms with Gasteiger partial charge < -0.3 is 14.7 Å². The van der Waals surface area contributed by atoms with Crippen molar-refractivity contribution in [3.63, 3.8) is 0 Å². The normalized spacial score (nSPS) is 20.4. The summed E-state index contributed by atoms with van der Waals surface area (Å²) < 4.78 is 5.29. The van der Waals surface area contributed by atoms with Gasteiger partial charge in [-0.25, -0.2) is 9.59 Å². The van der Waals surface area contributed by atoms with Gasteiger partial charge in [-0.3, -0.25) is 9.47 Å². The molecule has 1 saturated heterocycles. The molecular weight excluding hydrogens is 418 g/mol. The van der Waals surface area contributed by atoms with Crippen molar-refractivity contribution in [2.24, 2.45) is 5.92 Å². The van der Waals surface area contributed by atoms with E-state index in [9.17, 15) is 9.59 Å². The second-order valence-electron chi connectivity index (χ2n) is 9.85. The van der Waals surface area contributed by atoms with Gasteiger partial charge in [0.05, 0.1) is 19.5 Å². The Morgan fingerprint density at radius 3 is 2.48 bits per heavy atom. The number of amides is 1. The van der Waals surface area contributed by atoms with Gasteiger partial charge >= 0.3 is 12.1 Å². The van der Waals surface area contributed by atoms with Crippen LogP contribution in [0, 0.1) is 5.92 Å². The van der Waals surface area contributed by atoms with Crippen LogP contribution in [-0.2, 0) is 11.2 Å². The fourth-order valence-electron chi connectivity index (χ4n) is 5.69. The van der Waals surface area contributed by atoms with E-state index >= 15 is 0 Å². The van der Waals surface area contributed by atoms with Crippen LogP contribution in [0.1, 0.15) is 56.7 Å². The first-order valence-corrected chi connectivity index (χ1v) is 11.9. The third-order valence-corrected chi connectivity index (χ3v) is 7.38. The second kappa shape index (κ2) is 9.51. The molecule has 2 atom stereocenters. The summed E-state index contributed by atoms with van der Waals surface area (Å²) in [6.45, 7) is 6.05. The number of hydrogen-bond acceptors (Lipinski definition) is 5. The molecule has 0 bridgehead atoms. The monoisotopic (exact) mass is 452 g/mol.